The van der Waals surface area contributed by atoms with Gasteiger partial charge in [0.15, 0.2) is 0 Å². The van der Waals surface area contributed by atoms with Crippen molar-refractivity contribution in [1.82, 2.24) is 15.6 Å². The molecule has 11 nitrogen and oxygen atoms in total. The van der Waals surface area contributed by atoms with Gasteiger partial charge in [-0.2, -0.15) is 0 Å². The number of ether oxygens (including phenoxy) is 1. The van der Waals surface area contributed by atoms with Gasteiger partial charge in [-0.25, -0.2) is 0 Å². The van der Waals surface area contributed by atoms with Gasteiger partial charge in [0.1, 0.15) is 18.3 Å². The van der Waals surface area contributed by atoms with Crippen LogP contribution < -0.4 is 10.6 Å². The van der Waals surface area contributed by atoms with Gasteiger partial charge in [0.05, 0.1) is 0 Å². The molecule has 0 aromatic rings. The third-order valence-electron chi connectivity index (χ3n) is 5.76. The molecule has 1 aliphatic carbocycles. The Balaban J connectivity index is 2.33. The van der Waals surface area contributed by atoms with Gasteiger partial charge >= 0.3 is 5.08 Å². The van der Waals surface area contributed by atoms with Crippen molar-refractivity contribution >= 4 is 23.2 Å². The van der Waals surface area contributed by atoms with Crippen molar-refractivity contribution in [3.05, 3.63) is 15.5 Å². The number of thiocarbonyl (C=S) groups is 1. The second-order valence-electron chi connectivity index (χ2n) is 7.47. The largest absolute Gasteiger partial charge is 0.388 e. The van der Waals surface area contributed by atoms with E-state index in [2.05, 4.69) is 25.7 Å². The molecular formula is C17H29N8O3S+. The van der Waals surface area contributed by atoms with E-state index >= 15 is 0 Å². The van der Waals surface area contributed by atoms with Crippen LogP contribution in [0.4, 0.5) is 0 Å². The molecule has 0 aromatic carbocycles. The quantitative estimate of drug-likeness (QED) is 0.141. The van der Waals surface area contributed by atoms with E-state index in [1.54, 1.807) is 7.05 Å². The summed E-state index contributed by atoms with van der Waals surface area (Å²) in [5.41, 5.74) is 7.69. The minimum absolute atomic E-state index is 0.0759. The highest BCUT2D eigenvalue weighted by Gasteiger charge is 2.49. The topological polar surface area (TPSA) is 151 Å². The number of hydrogen-bond acceptors (Lipinski definition) is 6. The Kier molecular flexibility index (Phi) is 8.85. The second kappa shape index (κ2) is 11.1. The van der Waals surface area contributed by atoms with Gasteiger partial charge in [-0.3, -0.25) is 4.79 Å². The zero-order valence-electron chi connectivity index (χ0n) is 16.7. The maximum atomic E-state index is 13.0. The Morgan fingerprint density at radius 1 is 1.38 bits per heavy atom. The average Bonchev–Trinajstić information content (AvgIpc) is 2.77. The van der Waals surface area contributed by atoms with Crippen LogP contribution in [0.3, 0.4) is 0 Å². The molecule has 0 spiro atoms. The number of rotatable bonds is 7. The first-order valence-corrected chi connectivity index (χ1v) is 10.4. The Morgan fingerprint density at radius 2 is 2.03 bits per heavy atom. The Morgan fingerprint density at radius 3 is 2.59 bits per heavy atom. The highest BCUT2D eigenvalue weighted by Crippen LogP contribution is 2.34. The molecule has 0 aromatic heterocycles. The van der Waals surface area contributed by atoms with Crippen molar-refractivity contribution in [2.75, 3.05) is 26.8 Å². The fraction of sp³-hybridized carbons (Fsp3) is 0.882. The van der Waals surface area contributed by atoms with E-state index in [-0.39, 0.29) is 29.4 Å². The van der Waals surface area contributed by atoms with Crippen LogP contribution in [0.15, 0.2) is 5.11 Å². The Labute approximate surface area is 175 Å². The molecule has 1 amide bonds. The van der Waals surface area contributed by atoms with Crippen LogP contribution in [0.25, 0.3) is 15.5 Å². The lowest BCUT2D eigenvalue weighted by Crippen LogP contribution is -2.64. The predicted molar refractivity (Wildman–Crippen MR) is 110 cm³/mol. The summed E-state index contributed by atoms with van der Waals surface area (Å²) in [6.45, 7) is 0.600. The summed E-state index contributed by atoms with van der Waals surface area (Å²) < 4.78 is 5.40. The number of carbonyl (C=O) groups excluding carboxylic acids is 1. The zero-order chi connectivity index (χ0) is 21.3. The number of diazo groups is 1. The third-order valence-corrected chi connectivity index (χ3v) is 6.18. The molecule has 1 heterocycles. The van der Waals surface area contributed by atoms with Crippen LogP contribution in [0.1, 0.15) is 44.9 Å². The molecule has 2 aliphatic rings. The lowest BCUT2D eigenvalue weighted by molar-refractivity contribution is -0.132. The molecule has 3 N–H and O–H groups in total. The van der Waals surface area contributed by atoms with Crippen molar-refractivity contribution in [2.24, 2.45) is 17.0 Å². The average molecular weight is 426 g/mol. The summed E-state index contributed by atoms with van der Waals surface area (Å²) >= 11 is 5.07. The van der Waals surface area contributed by atoms with Crippen LogP contribution in [0.5, 0.6) is 0 Å². The smallest absolute Gasteiger partial charge is 0.313 e. The van der Waals surface area contributed by atoms with Gasteiger partial charge in [0.2, 0.25) is 11.0 Å². The van der Waals surface area contributed by atoms with Crippen molar-refractivity contribution in [2.45, 2.75) is 56.7 Å². The molecule has 2 rings (SSSR count). The van der Waals surface area contributed by atoms with E-state index < -0.39 is 11.8 Å². The van der Waals surface area contributed by atoms with Crippen LogP contribution in [-0.2, 0) is 9.53 Å². The number of nitrogens with one attached hydrogen (secondary N) is 2. The molecule has 0 radical (unpaired) electrons. The molecule has 160 valence electrons. The number of hydrogen-bond donors (Lipinski definition) is 3. The van der Waals surface area contributed by atoms with E-state index in [9.17, 15) is 20.8 Å². The zero-order valence-corrected chi connectivity index (χ0v) is 17.5. The monoisotopic (exact) mass is 425 g/mol. The number of carbonyl (C=O) groups is 1. The SMILES string of the molecule is CNC(=S)N(CC(O)C(N=[N+]=[N-])(NC(=O)C1CCCCC1)C1CCOCC1)[N+]#N. The van der Waals surface area contributed by atoms with Crippen LogP contribution >= 0.6 is 12.2 Å². The maximum absolute atomic E-state index is 13.0. The van der Waals surface area contributed by atoms with Gasteiger partial charge < -0.3 is 20.5 Å². The van der Waals surface area contributed by atoms with E-state index in [1.165, 1.54) is 0 Å². The van der Waals surface area contributed by atoms with E-state index in [0.717, 1.165) is 37.1 Å². The fourth-order valence-corrected chi connectivity index (χ4v) is 4.21. The molecule has 1 aliphatic heterocycles. The number of amides is 1. The summed E-state index contributed by atoms with van der Waals surface area (Å²) in [6.07, 6.45) is 4.23. The molecule has 1 saturated heterocycles. The summed E-state index contributed by atoms with van der Waals surface area (Å²) in [7, 11) is 1.55. The van der Waals surface area contributed by atoms with Crippen LogP contribution in [0.2, 0.25) is 0 Å². The van der Waals surface area contributed by atoms with Crippen molar-refractivity contribution in [3.63, 3.8) is 0 Å². The molecule has 2 atom stereocenters. The first kappa shape index (κ1) is 23.1. The summed E-state index contributed by atoms with van der Waals surface area (Å²) in [6, 6.07) is 0. The minimum Gasteiger partial charge on any atom is -0.388 e. The predicted octanol–water partition coefficient (Wildman–Crippen LogP) is 2.05. The van der Waals surface area contributed by atoms with Gasteiger partial charge in [-0.15, -0.1) is 0 Å². The number of nitrogens with zero attached hydrogens (tertiary/aromatic N) is 6. The summed E-state index contributed by atoms with van der Waals surface area (Å²) in [5.74, 6) is -0.745. The maximum Gasteiger partial charge on any atom is 0.313 e. The number of aliphatic hydroxyl groups is 1. The van der Waals surface area contributed by atoms with Gasteiger partial charge in [-0.1, -0.05) is 24.4 Å². The highest BCUT2D eigenvalue weighted by molar-refractivity contribution is 7.80. The molecule has 2 fully saturated rings. The molecule has 1 saturated carbocycles. The number of aliphatic hydroxyl groups excluding tert-OH is 1. The molecule has 2 unspecified atom stereocenters. The first-order valence-electron chi connectivity index (χ1n) is 9.96. The minimum atomic E-state index is -1.60. The normalized spacial score (nSPS) is 21.0. The lowest BCUT2D eigenvalue weighted by atomic mass is 9.80. The van der Waals surface area contributed by atoms with Crippen LogP contribution in [0, 0.1) is 17.2 Å². The highest BCUT2D eigenvalue weighted by atomic mass is 32.1. The molecular weight excluding hydrogens is 396 g/mol. The first-order chi connectivity index (χ1) is 14.0. The van der Waals surface area contributed by atoms with Crippen LogP contribution in [-0.4, -0.2) is 59.7 Å². The van der Waals surface area contributed by atoms with Crippen molar-refractivity contribution < 1.29 is 14.6 Å². The lowest BCUT2D eigenvalue weighted by Gasteiger charge is -2.43. The van der Waals surface area contributed by atoms with Crippen molar-refractivity contribution in [1.29, 1.82) is 5.39 Å². The van der Waals surface area contributed by atoms with Gasteiger partial charge in [0.25, 0.3) is 5.39 Å². The van der Waals surface area contributed by atoms with E-state index in [0.29, 0.717) is 26.1 Å². The fourth-order valence-electron chi connectivity index (χ4n) is 4.10. The van der Waals surface area contributed by atoms with Crippen molar-refractivity contribution in [3.8, 4) is 0 Å². The second-order valence-corrected chi connectivity index (χ2v) is 7.85. The Hall–Kier alpha value is -2.19. The third kappa shape index (κ3) is 5.67. The molecule has 0 bridgehead atoms. The van der Waals surface area contributed by atoms with Gasteiger partial charge in [-0.05, 0) is 49.4 Å². The summed E-state index contributed by atoms with van der Waals surface area (Å²) in [4.78, 5) is 16.0. The van der Waals surface area contributed by atoms with Gasteiger partial charge in [0, 0.05) is 36.1 Å². The Bertz CT molecular complexity index is 668. The standard InChI is InChI=1S/C17H28N8O3S/c1-20-16(29)25(24-19)11-14(26)17(22-23-18,13-7-9-28-10-8-13)21-15(27)12-5-3-2-4-6-12/h12-14,26H,2-11H2,1H3,(H-,20,21,27,29)/p+1. The molecule has 29 heavy (non-hydrogen) atoms. The van der Waals surface area contributed by atoms with E-state index in [4.69, 9.17) is 17.0 Å². The molecule has 12 heteroatoms. The summed E-state index contributed by atoms with van der Waals surface area (Å²) in [5, 5.41) is 34.0. The number of azide groups is 1. The van der Waals surface area contributed by atoms with E-state index in [1.807, 2.05) is 0 Å².